The first kappa shape index (κ1) is 16.2. The van der Waals surface area contributed by atoms with Gasteiger partial charge in [0.1, 0.15) is 0 Å². The van der Waals surface area contributed by atoms with Crippen molar-refractivity contribution in [2.75, 3.05) is 13.7 Å². The Morgan fingerprint density at radius 3 is 2.79 bits per heavy atom. The molecule has 108 valence electrons. The van der Waals surface area contributed by atoms with Gasteiger partial charge in [0, 0.05) is 19.4 Å². The van der Waals surface area contributed by atoms with Crippen LogP contribution in [0.4, 0.5) is 0 Å². The molecule has 0 bridgehead atoms. The van der Waals surface area contributed by atoms with E-state index < -0.39 is 0 Å². The molecule has 2 heteroatoms. The van der Waals surface area contributed by atoms with Gasteiger partial charge in [-0.3, -0.25) is 0 Å². The van der Waals surface area contributed by atoms with Crippen molar-refractivity contribution in [2.24, 2.45) is 5.92 Å². The highest BCUT2D eigenvalue weighted by atomic mass is 16.5. The van der Waals surface area contributed by atoms with E-state index in [4.69, 9.17) is 9.47 Å². The summed E-state index contributed by atoms with van der Waals surface area (Å²) >= 11 is 0. The maximum absolute atomic E-state index is 5.88. The number of allylic oxidation sites excluding steroid dienone is 5. The molecule has 1 heterocycles. The van der Waals surface area contributed by atoms with Crippen molar-refractivity contribution in [3.8, 4) is 0 Å². The highest BCUT2D eigenvalue weighted by Crippen LogP contribution is 2.25. The fourth-order valence-electron chi connectivity index (χ4n) is 2.25. The molecule has 1 rings (SSSR count). The summed E-state index contributed by atoms with van der Waals surface area (Å²) in [4.78, 5) is 0. The molecule has 3 unspecified atom stereocenters. The van der Waals surface area contributed by atoms with Crippen molar-refractivity contribution in [2.45, 2.75) is 52.2 Å². The summed E-state index contributed by atoms with van der Waals surface area (Å²) in [5.41, 5.74) is 1.27. The average molecular weight is 264 g/mol. The number of ether oxygens (including phenoxy) is 2. The van der Waals surface area contributed by atoms with Gasteiger partial charge >= 0.3 is 0 Å². The Bertz CT molecular complexity index is 328. The van der Waals surface area contributed by atoms with Crippen LogP contribution in [-0.4, -0.2) is 25.9 Å². The minimum Gasteiger partial charge on any atom is -0.381 e. The van der Waals surface area contributed by atoms with Crippen LogP contribution in [0.5, 0.6) is 0 Å². The average Bonchev–Trinajstić information content (AvgIpc) is 2.43. The minimum atomic E-state index is 0.199. The third kappa shape index (κ3) is 5.75. The van der Waals surface area contributed by atoms with Gasteiger partial charge in [0.25, 0.3) is 0 Å². The maximum atomic E-state index is 5.88. The Labute approximate surface area is 118 Å². The predicted molar refractivity (Wildman–Crippen MR) is 81.3 cm³/mol. The quantitative estimate of drug-likeness (QED) is 0.666. The summed E-state index contributed by atoms with van der Waals surface area (Å²) in [6, 6.07) is 0. The second-order valence-corrected chi connectivity index (χ2v) is 5.32. The first-order valence-corrected chi connectivity index (χ1v) is 7.33. The molecule has 0 N–H and O–H groups in total. The first-order chi connectivity index (χ1) is 9.19. The number of hydrogen-bond donors (Lipinski definition) is 0. The standard InChI is InChI=1S/C17H28O2/c1-5-6-7-8-9-10-11-14(2)17-12-16(18-4)15(3)13-19-17/h7-11,15-17H,5-6,12-13H2,1-4H3/b8-7+,10-9+,14-11+. The van der Waals surface area contributed by atoms with Crippen molar-refractivity contribution in [3.63, 3.8) is 0 Å². The molecule has 0 amide bonds. The molecule has 2 nitrogen and oxygen atoms in total. The number of rotatable bonds is 6. The van der Waals surface area contributed by atoms with Crippen molar-refractivity contribution >= 4 is 0 Å². The predicted octanol–water partition coefficient (Wildman–Crippen LogP) is 4.29. The van der Waals surface area contributed by atoms with Gasteiger partial charge in [-0.2, -0.15) is 0 Å². The molecule has 0 spiro atoms. The van der Waals surface area contributed by atoms with Gasteiger partial charge in [-0.15, -0.1) is 0 Å². The smallest absolute Gasteiger partial charge is 0.0810 e. The van der Waals surface area contributed by atoms with E-state index in [1.165, 1.54) is 12.0 Å². The van der Waals surface area contributed by atoms with Crippen molar-refractivity contribution < 1.29 is 9.47 Å². The summed E-state index contributed by atoms with van der Waals surface area (Å²) in [5.74, 6) is 0.488. The lowest BCUT2D eigenvalue weighted by atomic mass is 9.93. The van der Waals surface area contributed by atoms with Gasteiger partial charge in [0.15, 0.2) is 0 Å². The fourth-order valence-corrected chi connectivity index (χ4v) is 2.25. The molecule has 1 saturated heterocycles. The lowest BCUT2D eigenvalue weighted by Gasteiger charge is -2.34. The molecule has 3 atom stereocenters. The number of unbranched alkanes of at least 4 members (excludes halogenated alkanes) is 1. The van der Waals surface area contributed by atoms with Gasteiger partial charge in [-0.25, -0.2) is 0 Å². The molecule has 1 aliphatic heterocycles. The van der Waals surface area contributed by atoms with Gasteiger partial charge in [0.2, 0.25) is 0 Å². The SMILES string of the molecule is CCC/C=C/C=C/C=C(\C)C1CC(OC)C(C)CO1. The van der Waals surface area contributed by atoms with Crippen molar-refractivity contribution in [1.29, 1.82) is 0 Å². The summed E-state index contributed by atoms with van der Waals surface area (Å²) in [6.45, 7) is 7.29. The molecular formula is C17H28O2. The molecule has 1 aliphatic rings. The van der Waals surface area contributed by atoms with E-state index in [1.54, 1.807) is 7.11 Å². The number of hydrogen-bond acceptors (Lipinski definition) is 2. The summed E-state index contributed by atoms with van der Waals surface area (Å²) in [6.07, 6.45) is 14.4. The highest BCUT2D eigenvalue weighted by Gasteiger charge is 2.28. The van der Waals surface area contributed by atoms with E-state index in [-0.39, 0.29) is 6.10 Å². The minimum absolute atomic E-state index is 0.199. The van der Waals surface area contributed by atoms with E-state index >= 15 is 0 Å². The largest absolute Gasteiger partial charge is 0.381 e. The van der Waals surface area contributed by atoms with E-state index in [2.05, 4.69) is 51.2 Å². The van der Waals surface area contributed by atoms with Gasteiger partial charge in [0.05, 0.1) is 18.8 Å². The normalized spacial score (nSPS) is 29.5. The lowest BCUT2D eigenvalue weighted by molar-refractivity contribution is -0.0788. The third-order valence-corrected chi connectivity index (χ3v) is 3.62. The van der Waals surface area contributed by atoms with Crippen LogP contribution in [-0.2, 0) is 9.47 Å². The molecule has 1 fully saturated rings. The molecule has 19 heavy (non-hydrogen) atoms. The van der Waals surface area contributed by atoms with Crippen LogP contribution in [0, 0.1) is 5.92 Å². The second-order valence-electron chi connectivity index (χ2n) is 5.32. The van der Waals surface area contributed by atoms with Crippen LogP contribution in [0.3, 0.4) is 0 Å². The van der Waals surface area contributed by atoms with Gasteiger partial charge < -0.3 is 9.47 Å². The van der Waals surface area contributed by atoms with Crippen LogP contribution in [0.15, 0.2) is 36.0 Å². The summed E-state index contributed by atoms with van der Waals surface area (Å²) in [7, 11) is 1.79. The lowest BCUT2D eigenvalue weighted by Crippen LogP contribution is -2.37. The Morgan fingerprint density at radius 1 is 1.32 bits per heavy atom. The van der Waals surface area contributed by atoms with Crippen LogP contribution in [0.2, 0.25) is 0 Å². The van der Waals surface area contributed by atoms with Crippen LogP contribution >= 0.6 is 0 Å². The fraction of sp³-hybridized carbons (Fsp3) is 0.647. The molecule has 0 aliphatic carbocycles. The van der Waals surface area contributed by atoms with Gasteiger partial charge in [-0.05, 0) is 18.9 Å². The molecule has 0 aromatic carbocycles. The van der Waals surface area contributed by atoms with Crippen LogP contribution in [0.1, 0.15) is 40.0 Å². The summed E-state index contributed by atoms with van der Waals surface area (Å²) < 4.78 is 11.4. The van der Waals surface area contributed by atoms with Crippen LogP contribution in [0.25, 0.3) is 0 Å². The Morgan fingerprint density at radius 2 is 2.11 bits per heavy atom. The van der Waals surface area contributed by atoms with Crippen molar-refractivity contribution in [1.82, 2.24) is 0 Å². The van der Waals surface area contributed by atoms with Crippen LogP contribution < -0.4 is 0 Å². The second kappa shape index (κ2) is 9.11. The first-order valence-electron chi connectivity index (χ1n) is 7.33. The Balaban J connectivity index is 2.46. The Kier molecular flexibility index (Phi) is 7.76. The highest BCUT2D eigenvalue weighted by molar-refractivity contribution is 5.18. The zero-order valence-corrected chi connectivity index (χ0v) is 12.8. The van der Waals surface area contributed by atoms with E-state index in [9.17, 15) is 0 Å². The topological polar surface area (TPSA) is 18.5 Å². The molecule has 0 saturated carbocycles. The third-order valence-electron chi connectivity index (χ3n) is 3.62. The number of methoxy groups -OCH3 is 1. The van der Waals surface area contributed by atoms with E-state index in [0.29, 0.717) is 12.0 Å². The van der Waals surface area contributed by atoms with E-state index in [0.717, 1.165) is 19.4 Å². The van der Waals surface area contributed by atoms with Crippen molar-refractivity contribution in [3.05, 3.63) is 36.0 Å². The summed E-state index contributed by atoms with van der Waals surface area (Å²) in [5, 5.41) is 0. The zero-order chi connectivity index (χ0) is 14.1. The van der Waals surface area contributed by atoms with Gasteiger partial charge in [-0.1, -0.05) is 50.6 Å². The molecule has 0 aromatic rings. The molecule has 0 radical (unpaired) electrons. The monoisotopic (exact) mass is 264 g/mol. The maximum Gasteiger partial charge on any atom is 0.0810 e. The zero-order valence-electron chi connectivity index (χ0n) is 12.8. The molecular weight excluding hydrogens is 236 g/mol. The molecule has 0 aromatic heterocycles. The Hall–Kier alpha value is -0.860. The van der Waals surface area contributed by atoms with E-state index in [1.807, 2.05) is 0 Å².